The van der Waals surface area contributed by atoms with Gasteiger partial charge in [-0.05, 0) is 44.4 Å². The summed E-state index contributed by atoms with van der Waals surface area (Å²) in [6, 6.07) is 6.92. The molecule has 23 heavy (non-hydrogen) atoms. The normalized spacial score (nSPS) is 16.4. The van der Waals surface area contributed by atoms with Crippen LogP contribution in [0.4, 0.5) is 0 Å². The first kappa shape index (κ1) is 17.3. The van der Waals surface area contributed by atoms with Gasteiger partial charge in [0.1, 0.15) is 5.75 Å². The van der Waals surface area contributed by atoms with Crippen LogP contribution in [0.1, 0.15) is 38.3 Å². The Morgan fingerprint density at radius 1 is 1.30 bits per heavy atom. The van der Waals surface area contributed by atoms with Gasteiger partial charge in [-0.2, -0.15) is 0 Å². The van der Waals surface area contributed by atoms with E-state index in [-0.39, 0.29) is 24.0 Å². The van der Waals surface area contributed by atoms with Gasteiger partial charge in [-0.3, -0.25) is 4.79 Å². The van der Waals surface area contributed by atoms with Crippen molar-refractivity contribution >= 4 is 11.9 Å². The van der Waals surface area contributed by atoms with E-state index < -0.39 is 5.97 Å². The highest BCUT2D eigenvalue weighted by atomic mass is 16.5. The molecule has 1 aliphatic rings. The minimum Gasteiger partial charge on any atom is -0.482 e. The Balaban J connectivity index is 1.89. The molecule has 0 aliphatic heterocycles. The number of amides is 1. The quantitative estimate of drug-likeness (QED) is 0.728. The summed E-state index contributed by atoms with van der Waals surface area (Å²) >= 11 is 0. The van der Waals surface area contributed by atoms with Crippen molar-refractivity contribution in [1.82, 2.24) is 5.32 Å². The Bertz CT molecular complexity index is 551. The van der Waals surface area contributed by atoms with Crippen LogP contribution in [0.5, 0.6) is 5.75 Å². The fourth-order valence-corrected chi connectivity index (χ4v) is 2.32. The molecule has 0 aromatic heterocycles. The van der Waals surface area contributed by atoms with Crippen LogP contribution in [-0.2, 0) is 14.3 Å². The van der Waals surface area contributed by atoms with Crippen LogP contribution in [0.2, 0.25) is 0 Å². The maximum absolute atomic E-state index is 12.4. The number of carbonyl (C=O) groups is 2. The number of hydrogen-bond acceptors (Lipinski definition) is 4. The van der Waals surface area contributed by atoms with E-state index in [2.05, 4.69) is 5.32 Å². The van der Waals surface area contributed by atoms with Crippen molar-refractivity contribution in [3.8, 4) is 5.75 Å². The van der Waals surface area contributed by atoms with E-state index in [1.54, 1.807) is 12.1 Å². The Labute approximate surface area is 135 Å². The molecule has 2 rings (SSSR count). The number of carbonyl (C=O) groups excluding carboxylic acids is 1. The van der Waals surface area contributed by atoms with Gasteiger partial charge in [-0.1, -0.05) is 12.1 Å². The van der Waals surface area contributed by atoms with Gasteiger partial charge in [0.2, 0.25) is 5.91 Å². The fourth-order valence-electron chi connectivity index (χ4n) is 2.32. The number of benzene rings is 1. The molecule has 1 unspecified atom stereocenters. The highest BCUT2D eigenvalue weighted by molar-refractivity contribution is 5.85. The number of carboxylic acids is 1. The molecule has 1 saturated carbocycles. The van der Waals surface area contributed by atoms with Crippen LogP contribution in [0, 0.1) is 5.41 Å². The number of carboxylic acid groups (broad SMARTS) is 1. The van der Waals surface area contributed by atoms with E-state index >= 15 is 0 Å². The zero-order chi connectivity index (χ0) is 16.9. The molecular formula is C17H23NO5. The van der Waals surface area contributed by atoms with Crippen LogP contribution in [0.15, 0.2) is 24.3 Å². The SMILES string of the molecule is CCOCC1(C(=O)NC(C)c2ccc(OCC(=O)O)cc2)CC1. The zero-order valence-corrected chi connectivity index (χ0v) is 13.5. The van der Waals surface area contributed by atoms with Gasteiger partial charge in [0.05, 0.1) is 18.1 Å². The number of ether oxygens (including phenoxy) is 2. The van der Waals surface area contributed by atoms with E-state index in [0.717, 1.165) is 18.4 Å². The summed E-state index contributed by atoms with van der Waals surface area (Å²) in [5, 5.41) is 11.6. The molecule has 1 atom stereocenters. The highest BCUT2D eigenvalue weighted by Crippen LogP contribution is 2.46. The maximum atomic E-state index is 12.4. The van der Waals surface area contributed by atoms with Gasteiger partial charge in [0.25, 0.3) is 0 Å². The first-order valence-electron chi connectivity index (χ1n) is 7.80. The second-order valence-electron chi connectivity index (χ2n) is 5.86. The van der Waals surface area contributed by atoms with Crippen molar-refractivity contribution in [2.45, 2.75) is 32.7 Å². The monoisotopic (exact) mass is 321 g/mol. The molecule has 2 N–H and O–H groups in total. The third-order valence-electron chi connectivity index (χ3n) is 4.01. The van der Waals surface area contributed by atoms with Gasteiger partial charge in [-0.25, -0.2) is 4.79 Å². The Morgan fingerprint density at radius 3 is 2.48 bits per heavy atom. The van der Waals surface area contributed by atoms with Gasteiger partial charge in [0.15, 0.2) is 6.61 Å². The summed E-state index contributed by atoms with van der Waals surface area (Å²) < 4.78 is 10.5. The molecule has 0 spiro atoms. The van der Waals surface area contributed by atoms with Gasteiger partial charge in [0, 0.05) is 6.61 Å². The lowest BCUT2D eigenvalue weighted by Crippen LogP contribution is -2.36. The average molecular weight is 321 g/mol. The van der Waals surface area contributed by atoms with E-state index in [1.165, 1.54) is 0 Å². The number of nitrogens with one attached hydrogen (secondary N) is 1. The predicted molar refractivity (Wildman–Crippen MR) is 84.3 cm³/mol. The molecule has 1 aliphatic carbocycles. The van der Waals surface area contributed by atoms with Crippen LogP contribution in [0.25, 0.3) is 0 Å². The topological polar surface area (TPSA) is 84.9 Å². The smallest absolute Gasteiger partial charge is 0.341 e. The molecule has 1 amide bonds. The molecule has 1 fully saturated rings. The number of aliphatic carboxylic acids is 1. The van der Waals surface area contributed by atoms with Crippen LogP contribution >= 0.6 is 0 Å². The molecule has 0 heterocycles. The second kappa shape index (κ2) is 7.46. The van der Waals surface area contributed by atoms with Crippen molar-refractivity contribution in [1.29, 1.82) is 0 Å². The Kier molecular flexibility index (Phi) is 5.60. The molecular weight excluding hydrogens is 298 g/mol. The molecule has 0 radical (unpaired) electrons. The lowest BCUT2D eigenvalue weighted by Gasteiger charge is -2.20. The first-order chi connectivity index (χ1) is 11.0. The van der Waals surface area contributed by atoms with Crippen molar-refractivity contribution in [2.75, 3.05) is 19.8 Å². The minimum absolute atomic E-state index is 0.0321. The highest BCUT2D eigenvalue weighted by Gasteiger charge is 2.50. The van der Waals surface area contributed by atoms with E-state index in [0.29, 0.717) is 19.0 Å². The number of rotatable bonds is 9. The van der Waals surface area contributed by atoms with Gasteiger partial charge >= 0.3 is 5.97 Å². The molecule has 6 nitrogen and oxygen atoms in total. The second-order valence-corrected chi connectivity index (χ2v) is 5.86. The summed E-state index contributed by atoms with van der Waals surface area (Å²) in [6.45, 7) is 4.56. The summed E-state index contributed by atoms with van der Waals surface area (Å²) in [7, 11) is 0. The van der Waals surface area contributed by atoms with Gasteiger partial charge in [-0.15, -0.1) is 0 Å². The van der Waals surface area contributed by atoms with E-state index in [9.17, 15) is 9.59 Å². The summed E-state index contributed by atoms with van der Waals surface area (Å²) in [4.78, 5) is 22.8. The fraction of sp³-hybridized carbons (Fsp3) is 0.529. The van der Waals surface area contributed by atoms with E-state index in [1.807, 2.05) is 26.0 Å². The summed E-state index contributed by atoms with van der Waals surface area (Å²) in [6.07, 6.45) is 1.74. The minimum atomic E-state index is -1.02. The molecule has 126 valence electrons. The maximum Gasteiger partial charge on any atom is 0.341 e. The third kappa shape index (κ3) is 4.69. The Hall–Kier alpha value is -2.08. The molecule has 1 aromatic rings. The van der Waals surface area contributed by atoms with Crippen LogP contribution in [0.3, 0.4) is 0 Å². The lowest BCUT2D eigenvalue weighted by molar-refractivity contribution is -0.139. The standard InChI is InChI=1S/C17H23NO5/c1-3-22-11-17(8-9-17)16(21)18-12(2)13-4-6-14(7-5-13)23-10-15(19)20/h4-7,12H,3,8-11H2,1-2H3,(H,18,21)(H,19,20). The zero-order valence-electron chi connectivity index (χ0n) is 13.5. The molecule has 6 heteroatoms. The third-order valence-corrected chi connectivity index (χ3v) is 4.01. The van der Waals surface area contributed by atoms with Crippen molar-refractivity contribution in [3.05, 3.63) is 29.8 Å². The van der Waals surface area contributed by atoms with E-state index in [4.69, 9.17) is 14.6 Å². The summed E-state index contributed by atoms with van der Waals surface area (Å²) in [5.74, 6) is -0.493. The van der Waals surface area contributed by atoms with Crippen molar-refractivity contribution in [2.24, 2.45) is 5.41 Å². The predicted octanol–water partition coefficient (Wildman–Crippen LogP) is 2.14. The van der Waals surface area contributed by atoms with Crippen LogP contribution < -0.4 is 10.1 Å². The molecule has 1 aromatic carbocycles. The van der Waals surface area contributed by atoms with Crippen molar-refractivity contribution in [3.63, 3.8) is 0 Å². The first-order valence-corrected chi connectivity index (χ1v) is 7.80. The average Bonchev–Trinajstić information content (AvgIpc) is 3.32. The lowest BCUT2D eigenvalue weighted by atomic mass is 10.0. The van der Waals surface area contributed by atoms with Gasteiger partial charge < -0.3 is 19.9 Å². The molecule has 0 bridgehead atoms. The van der Waals surface area contributed by atoms with Crippen LogP contribution in [-0.4, -0.2) is 36.8 Å². The number of hydrogen-bond donors (Lipinski definition) is 2. The summed E-state index contributed by atoms with van der Waals surface area (Å²) in [5.41, 5.74) is 0.586. The van der Waals surface area contributed by atoms with Crippen molar-refractivity contribution < 1.29 is 24.2 Å². The largest absolute Gasteiger partial charge is 0.482 e. The molecule has 0 saturated heterocycles. The Morgan fingerprint density at radius 2 is 1.96 bits per heavy atom.